The van der Waals surface area contributed by atoms with Crippen LogP contribution in [-0.4, -0.2) is 36.2 Å². The fraction of sp³-hybridized carbons (Fsp3) is 0.143. The molecule has 0 bridgehead atoms. The minimum absolute atomic E-state index is 0.0198. The summed E-state index contributed by atoms with van der Waals surface area (Å²) in [7, 11) is -3.24. The first-order valence-corrected chi connectivity index (χ1v) is 7.96. The Morgan fingerprint density at radius 1 is 1.33 bits per heavy atom. The summed E-state index contributed by atoms with van der Waals surface area (Å²) in [6, 6.07) is 6.31. The molecule has 7 heteroatoms. The van der Waals surface area contributed by atoms with E-state index in [1.165, 1.54) is 12.3 Å². The third kappa shape index (κ3) is 2.59. The standard InChI is InChI=1S/C14H12N2O4S/c17-13-10-3-1-2-4-12(10)15-7-11(13)14(18)16-9-5-6-21(19,20)8-9/h1-7,9H,8H2,(H,15,17)(H,16,18). The molecule has 1 aliphatic rings. The SMILES string of the molecule is O=C(NC1C=CS(=O)(=O)C1)c1cnc2ccccc2c1O. The summed E-state index contributed by atoms with van der Waals surface area (Å²) in [5.41, 5.74) is 0.598. The molecule has 3 rings (SSSR count). The summed E-state index contributed by atoms with van der Waals surface area (Å²) in [5, 5.41) is 14.3. The molecule has 0 fully saturated rings. The number of fused-ring (bicyclic) bond motifs is 1. The van der Waals surface area contributed by atoms with E-state index in [1.54, 1.807) is 24.3 Å². The fourth-order valence-electron chi connectivity index (χ4n) is 2.20. The molecular weight excluding hydrogens is 292 g/mol. The molecule has 1 atom stereocenters. The molecule has 1 unspecified atom stereocenters. The van der Waals surface area contributed by atoms with Gasteiger partial charge < -0.3 is 10.4 Å². The van der Waals surface area contributed by atoms with E-state index in [0.717, 1.165) is 5.41 Å². The molecule has 21 heavy (non-hydrogen) atoms. The van der Waals surface area contributed by atoms with E-state index < -0.39 is 21.8 Å². The van der Waals surface area contributed by atoms with E-state index in [9.17, 15) is 18.3 Å². The van der Waals surface area contributed by atoms with Gasteiger partial charge >= 0.3 is 0 Å². The zero-order valence-electron chi connectivity index (χ0n) is 10.9. The molecule has 0 saturated heterocycles. The van der Waals surface area contributed by atoms with E-state index in [2.05, 4.69) is 10.3 Å². The summed E-state index contributed by atoms with van der Waals surface area (Å²) < 4.78 is 22.6. The molecule has 108 valence electrons. The van der Waals surface area contributed by atoms with Gasteiger partial charge in [-0.2, -0.15) is 0 Å². The minimum atomic E-state index is -3.24. The number of carbonyl (C=O) groups is 1. The summed E-state index contributed by atoms with van der Waals surface area (Å²) >= 11 is 0. The third-order valence-electron chi connectivity index (χ3n) is 3.24. The number of nitrogens with one attached hydrogen (secondary N) is 1. The van der Waals surface area contributed by atoms with Crippen LogP contribution in [0.4, 0.5) is 0 Å². The molecule has 0 radical (unpaired) electrons. The van der Waals surface area contributed by atoms with E-state index in [1.807, 2.05) is 0 Å². The molecule has 1 aromatic carbocycles. The maximum Gasteiger partial charge on any atom is 0.257 e. The summed E-state index contributed by atoms with van der Waals surface area (Å²) in [4.78, 5) is 16.2. The van der Waals surface area contributed by atoms with Crippen LogP contribution in [0.3, 0.4) is 0 Å². The van der Waals surface area contributed by atoms with Crippen molar-refractivity contribution < 1.29 is 18.3 Å². The van der Waals surface area contributed by atoms with Crippen LogP contribution in [0.15, 0.2) is 41.9 Å². The molecule has 0 spiro atoms. The molecule has 0 aliphatic carbocycles. The normalized spacial score (nSPS) is 19.7. The smallest absolute Gasteiger partial charge is 0.257 e. The summed E-state index contributed by atoms with van der Waals surface area (Å²) in [6.07, 6.45) is 2.69. The average molecular weight is 304 g/mol. The van der Waals surface area contributed by atoms with Gasteiger partial charge in [-0.1, -0.05) is 12.1 Å². The zero-order chi connectivity index (χ0) is 15.0. The number of carbonyl (C=O) groups excluding carboxylic acids is 1. The molecule has 2 N–H and O–H groups in total. The number of nitrogens with zero attached hydrogens (tertiary/aromatic N) is 1. The van der Waals surface area contributed by atoms with Crippen LogP contribution in [0.1, 0.15) is 10.4 Å². The topological polar surface area (TPSA) is 96.4 Å². The first kappa shape index (κ1) is 13.6. The number of benzene rings is 1. The monoisotopic (exact) mass is 304 g/mol. The Labute approximate surface area is 121 Å². The predicted molar refractivity (Wildman–Crippen MR) is 77.6 cm³/mol. The van der Waals surface area contributed by atoms with Crippen LogP contribution >= 0.6 is 0 Å². The van der Waals surface area contributed by atoms with E-state index >= 15 is 0 Å². The lowest BCUT2D eigenvalue weighted by molar-refractivity contribution is 0.0945. The second-order valence-electron chi connectivity index (χ2n) is 4.78. The molecule has 1 aliphatic heterocycles. The molecule has 2 heterocycles. The fourth-order valence-corrected chi connectivity index (χ4v) is 3.44. The number of para-hydroxylation sites is 1. The van der Waals surface area contributed by atoms with E-state index in [0.29, 0.717) is 10.9 Å². The van der Waals surface area contributed by atoms with Gasteiger partial charge in [0.05, 0.1) is 17.3 Å². The Morgan fingerprint density at radius 3 is 2.81 bits per heavy atom. The molecular formula is C14H12N2O4S. The number of aromatic hydroxyl groups is 1. The van der Waals surface area contributed by atoms with Gasteiger partial charge in [0.15, 0.2) is 9.84 Å². The third-order valence-corrected chi connectivity index (χ3v) is 4.63. The van der Waals surface area contributed by atoms with Crippen LogP contribution in [0.5, 0.6) is 5.75 Å². The van der Waals surface area contributed by atoms with Crippen LogP contribution in [0.2, 0.25) is 0 Å². The van der Waals surface area contributed by atoms with Gasteiger partial charge in [-0.3, -0.25) is 9.78 Å². The van der Waals surface area contributed by atoms with Gasteiger partial charge in [-0.05, 0) is 18.2 Å². The Balaban J connectivity index is 1.89. The minimum Gasteiger partial charge on any atom is -0.506 e. The average Bonchev–Trinajstić information content (AvgIpc) is 2.78. The van der Waals surface area contributed by atoms with Crippen molar-refractivity contribution in [2.45, 2.75) is 6.04 Å². The highest BCUT2D eigenvalue weighted by molar-refractivity contribution is 7.94. The zero-order valence-corrected chi connectivity index (χ0v) is 11.7. The van der Waals surface area contributed by atoms with Crippen molar-refractivity contribution in [2.75, 3.05) is 5.75 Å². The number of amides is 1. The van der Waals surface area contributed by atoms with Crippen molar-refractivity contribution in [1.29, 1.82) is 0 Å². The van der Waals surface area contributed by atoms with Gasteiger partial charge in [-0.25, -0.2) is 8.42 Å². The Morgan fingerprint density at radius 2 is 2.10 bits per heavy atom. The van der Waals surface area contributed by atoms with Crippen molar-refractivity contribution in [3.63, 3.8) is 0 Å². The van der Waals surface area contributed by atoms with Crippen LogP contribution in [-0.2, 0) is 9.84 Å². The van der Waals surface area contributed by atoms with Crippen molar-refractivity contribution >= 4 is 26.6 Å². The van der Waals surface area contributed by atoms with E-state index in [4.69, 9.17) is 0 Å². The van der Waals surface area contributed by atoms with E-state index in [-0.39, 0.29) is 17.1 Å². The lowest BCUT2D eigenvalue weighted by Crippen LogP contribution is -2.35. The van der Waals surface area contributed by atoms with Gasteiger partial charge in [0.25, 0.3) is 5.91 Å². The highest BCUT2D eigenvalue weighted by Gasteiger charge is 2.24. The lowest BCUT2D eigenvalue weighted by atomic mass is 10.1. The number of sulfone groups is 1. The number of pyridine rings is 1. The molecule has 6 nitrogen and oxygen atoms in total. The number of rotatable bonds is 2. The number of hydrogen-bond acceptors (Lipinski definition) is 5. The van der Waals surface area contributed by atoms with Gasteiger partial charge in [0.1, 0.15) is 11.3 Å². The first-order valence-electron chi connectivity index (χ1n) is 6.25. The van der Waals surface area contributed by atoms with Crippen molar-refractivity contribution in [3.05, 3.63) is 47.5 Å². The van der Waals surface area contributed by atoms with Crippen LogP contribution in [0, 0.1) is 0 Å². The van der Waals surface area contributed by atoms with Gasteiger partial charge in [0.2, 0.25) is 0 Å². The summed E-state index contributed by atoms with van der Waals surface area (Å²) in [6.45, 7) is 0. The maximum atomic E-state index is 12.1. The van der Waals surface area contributed by atoms with Crippen molar-refractivity contribution in [2.24, 2.45) is 0 Å². The number of hydrogen-bond donors (Lipinski definition) is 2. The first-order chi connectivity index (χ1) is 9.96. The Kier molecular flexibility index (Phi) is 3.13. The second kappa shape index (κ2) is 4.85. The largest absolute Gasteiger partial charge is 0.506 e. The highest BCUT2D eigenvalue weighted by atomic mass is 32.2. The Hall–Kier alpha value is -2.41. The maximum absolute atomic E-state index is 12.1. The Bertz CT molecular complexity index is 858. The summed E-state index contributed by atoms with van der Waals surface area (Å²) in [5.74, 6) is -0.888. The van der Waals surface area contributed by atoms with Crippen LogP contribution in [0.25, 0.3) is 10.9 Å². The van der Waals surface area contributed by atoms with Gasteiger partial charge in [-0.15, -0.1) is 0 Å². The molecule has 1 aromatic heterocycles. The quantitative estimate of drug-likeness (QED) is 0.862. The molecule has 0 saturated carbocycles. The highest BCUT2D eigenvalue weighted by Crippen LogP contribution is 2.26. The molecule has 1 amide bonds. The second-order valence-corrected chi connectivity index (χ2v) is 6.71. The lowest BCUT2D eigenvalue weighted by Gasteiger charge is -2.11. The predicted octanol–water partition coefficient (Wildman–Crippen LogP) is 0.981. The van der Waals surface area contributed by atoms with Crippen molar-refractivity contribution in [1.82, 2.24) is 10.3 Å². The van der Waals surface area contributed by atoms with Crippen LogP contribution < -0.4 is 5.32 Å². The number of aromatic nitrogens is 1. The molecule has 2 aromatic rings. The van der Waals surface area contributed by atoms with Crippen molar-refractivity contribution in [3.8, 4) is 5.75 Å². The van der Waals surface area contributed by atoms with Gasteiger partial charge in [0, 0.05) is 17.0 Å².